The fourth-order valence-electron chi connectivity index (χ4n) is 2.04. The van der Waals surface area contributed by atoms with Gasteiger partial charge in [0, 0.05) is 11.1 Å². The number of aromatic amines is 1. The maximum Gasteiger partial charge on any atom is 0.267 e. The Bertz CT molecular complexity index is 949. The first kappa shape index (κ1) is 14.3. The van der Waals surface area contributed by atoms with Gasteiger partial charge in [0.05, 0.1) is 5.52 Å². The van der Waals surface area contributed by atoms with Crippen LogP contribution in [-0.2, 0) is 10.0 Å². The zero-order valence-electron chi connectivity index (χ0n) is 11.0. The molecule has 0 unspecified atom stereocenters. The van der Waals surface area contributed by atoms with Gasteiger partial charge < -0.3 is 5.73 Å². The Morgan fingerprint density at radius 2 is 1.82 bits per heavy atom. The number of H-pyrrole nitrogens is 1. The standard InChI is InChI=1S/C13H10F2N4O2S/c14-9-2-1-3-10(15)12(9)22(20,21)19-7-4-5-11-8(6-7)13(16)18-17-11/h1-6,19H,(H3,16,17,18). The van der Waals surface area contributed by atoms with Crippen LogP contribution in [0.2, 0.25) is 0 Å². The van der Waals surface area contributed by atoms with Crippen molar-refractivity contribution in [2.45, 2.75) is 4.90 Å². The molecule has 22 heavy (non-hydrogen) atoms. The third-order valence-corrected chi connectivity index (χ3v) is 4.46. The number of fused-ring (bicyclic) bond motifs is 1. The number of nitrogen functional groups attached to an aromatic ring is 1. The minimum absolute atomic E-state index is 0.114. The highest BCUT2D eigenvalue weighted by Crippen LogP contribution is 2.25. The van der Waals surface area contributed by atoms with E-state index in [-0.39, 0.29) is 11.5 Å². The molecule has 0 amide bonds. The molecule has 6 nitrogen and oxygen atoms in total. The smallest absolute Gasteiger partial charge is 0.267 e. The number of nitrogens with one attached hydrogen (secondary N) is 2. The average molecular weight is 324 g/mol. The molecule has 0 fully saturated rings. The van der Waals surface area contributed by atoms with Crippen molar-refractivity contribution in [3.8, 4) is 0 Å². The summed E-state index contributed by atoms with van der Waals surface area (Å²) in [5, 5.41) is 6.93. The molecule has 0 aliphatic carbocycles. The minimum Gasteiger partial charge on any atom is -0.382 e. The maximum atomic E-state index is 13.6. The van der Waals surface area contributed by atoms with Crippen LogP contribution in [0.1, 0.15) is 0 Å². The number of anilines is 2. The van der Waals surface area contributed by atoms with Crippen molar-refractivity contribution in [2.24, 2.45) is 0 Å². The molecule has 1 aromatic heterocycles. The van der Waals surface area contributed by atoms with Crippen LogP contribution in [0, 0.1) is 11.6 Å². The van der Waals surface area contributed by atoms with E-state index in [0.717, 1.165) is 18.2 Å². The fourth-order valence-corrected chi connectivity index (χ4v) is 3.23. The van der Waals surface area contributed by atoms with E-state index in [0.29, 0.717) is 10.9 Å². The molecule has 0 atom stereocenters. The quantitative estimate of drug-likeness (QED) is 0.687. The number of nitrogens with two attached hydrogens (primary N) is 1. The summed E-state index contributed by atoms with van der Waals surface area (Å²) in [6, 6.07) is 7.22. The first-order valence-electron chi connectivity index (χ1n) is 6.09. The Balaban J connectivity index is 2.04. The predicted molar refractivity (Wildman–Crippen MR) is 77.7 cm³/mol. The zero-order chi connectivity index (χ0) is 15.9. The topological polar surface area (TPSA) is 101 Å². The van der Waals surface area contributed by atoms with Gasteiger partial charge in [-0.3, -0.25) is 9.82 Å². The lowest BCUT2D eigenvalue weighted by Gasteiger charge is -2.09. The van der Waals surface area contributed by atoms with Crippen LogP contribution in [0.25, 0.3) is 10.9 Å². The molecule has 0 spiro atoms. The van der Waals surface area contributed by atoms with Crippen molar-refractivity contribution < 1.29 is 17.2 Å². The van der Waals surface area contributed by atoms with Gasteiger partial charge in [-0.1, -0.05) is 6.07 Å². The molecule has 0 bridgehead atoms. The van der Waals surface area contributed by atoms with E-state index < -0.39 is 26.6 Å². The Labute approximate surface area is 124 Å². The second-order valence-corrected chi connectivity index (χ2v) is 6.14. The number of aromatic nitrogens is 2. The number of nitrogens with zero attached hydrogens (tertiary/aromatic N) is 1. The summed E-state index contributed by atoms with van der Waals surface area (Å²) in [5.74, 6) is -2.15. The summed E-state index contributed by atoms with van der Waals surface area (Å²) in [6.45, 7) is 0. The second-order valence-electron chi connectivity index (χ2n) is 4.53. The van der Waals surface area contributed by atoms with E-state index in [1.165, 1.54) is 12.1 Å². The van der Waals surface area contributed by atoms with Gasteiger partial charge >= 0.3 is 0 Å². The largest absolute Gasteiger partial charge is 0.382 e. The van der Waals surface area contributed by atoms with Crippen molar-refractivity contribution in [3.63, 3.8) is 0 Å². The first-order valence-corrected chi connectivity index (χ1v) is 7.57. The summed E-state index contributed by atoms with van der Waals surface area (Å²) < 4.78 is 53.7. The highest BCUT2D eigenvalue weighted by molar-refractivity contribution is 7.92. The number of rotatable bonds is 3. The molecule has 0 aliphatic heterocycles. The minimum atomic E-state index is -4.41. The van der Waals surface area contributed by atoms with Crippen molar-refractivity contribution in [3.05, 3.63) is 48.0 Å². The van der Waals surface area contributed by atoms with Crippen molar-refractivity contribution >= 4 is 32.4 Å². The van der Waals surface area contributed by atoms with Crippen LogP contribution in [0.5, 0.6) is 0 Å². The van der Waals surface area contributed by atoms with Gasteiger partial charge in [-0.25, -0.2) is 17.2 Å². The van der Waals surface area contributed by atoms with Crippen molar-refractivity contribution in [1.82, 2.24) is 10.2 Å². The van der Waals surface area contributed by atoms with Gasteiger partial charge in [0.2, 0.25) is 0 Å². The van der Waals surface area contributed by atoms with Crippen LogP contribution in [0.4, 0.5) is 20.3 Å². The average Bonchev–Trinajstić information content (AvgIpc) is 2.79. The van der Waals surface area contributed by atoms with E-state index in [4.69, 9.17) is 5.73 Å². The lowest BCUT2D eigenvalue weighted by molar-refractivity contribution is 0.521. The van der Waals surface area contributed by atoms with Crippen LogP contribution in [-0.4, -0.2) is 18.6 Å². The third-order valence-electron chi connectivity index (χ3n) is 3.03. The molecule has 0 radical (unpaired) electrons. The van der Waals surface area contributed by atoms with E-state index in [1.807, 2.05) is 0 Å². The summed E-state index contributed by atoms with van der Waals surface area (Å²) in [5.41, 5.74) is 6.35. The lowest BCUT2D eigenvalue weighted by Crippen LogP contribution is -2.16. The lowest BCUT2D eigenvalue weighted by atomic mass is 10.2. The van der Waals surface area contributed by atoms with E-state index in [9.17, 15) is 17.2 Å². The highest BCUT2D eigenvalue weighted by Gasteiger charge is 2.24. The number of sulfonamides is 1. The molecular formula is C13H10F2N4O2S. The Morgan fingerprint density at radius 3 is 2.50 bits per heavy atom. The van der Waals surface area contributed by atoms with E-state index in [2.05, 4.69) is 14.9 Å². The molecule has 0 saturated heterocycles. The van der Waals surface area contributed by atoms with Gasteiger partial charge in [0.1, 0.15) is 11.6 Å². The maximum absolute atomic E-state index is 13.6. The fraction of sp³-hybridized carbons (Fsp3) is 0. The molecule has 1 heterocycles. The van der Waals surface area contributed by atoms with Gasteiger partial charge in [0.15, 0.2) is 10.7 Å². The van der Waals surface area contributed by atoms with Gasteiger partial charge in [-0.2, -0.15) is 5.10 Å². The molecule has 3 rings (SSSR count). The second kappa shape index (κ2) is 4.95. The van der Waals surface area contributed by atoms with Crippen molar-refractivity contribution in [2.75, 3.05) is 10.5 Å². The Hall–Kier alpha value is -2.68. The van der Waals surface area contributed by atoms with Gasteiger partial charge in [-0.05, 0) is 30.3 Å². The van der Waals surface area contributed by atoms with Gasteiger partial charge in [-0.15, -0.1) is 0 Å². The Kier molecular flexibility index (Phi) is 3.21. The summed E-state index contributed by atoms with van der Waals surface area (Å²) in [6.07, 6.45) is 0. The monoisotopic (exact) mass is 324 g/mol. The molecule has 0 aliphatic rings. The van der Waals surface area contributed by atoms with E-state index >= 15 is 0 Å². The van der Waals surface area contributed by atoms with Crippen LogP contribution < -0.4 is 10.5 Å². The number of hydrogen-bond donors (Lipinski definition) is 3. The normalized spacial score (nSPS) is 11.7. The van der Waals surface area contributed by atoms with Crippen LogP contribution in [0.3, 0.4) is 0 Å². The molecule has 114 valence electrons. The molecule has 3 aromatic rings. The SMILES string of the molecule is Nc1n[nH]c2ccc(NS(=O)(=O)c3c(F)cccc3F)cc12. The summed E-state index contributed by atoms with van der Waals surface area (Å²) >= 11 is 0. The molecule has 0 saturated carbocycles. The zero-order valence-corrected chi connectivity index (χ0v) is 11.8. The number of halogens is 2. The predicted octanol–water partition coefficient (Wildman–Crippen LogP) is 2.22. The summed E-state index contributed by atoms with van der Waals surface area (Å²) in [4.78, 5) is -1.03. The number of benzene rings is 2. The Morgan fingerprint density at radius 1 is 1.14 bits per heavy atom. The van der Waals surface area contributed by atoms with Crippen molar-refractivity contribution in [1.29, 1.82) is 0 Å². The molecule has 4 N–H and O–H groups in total. The first-order chi connectivity index (χ1) is 10.4. The molecular weight excluding hydrogens is 314 g/mol. The van der Waals surface area contributed by atoms with Crippen LogP contribution >= 0.6 is 0 Å². The molecule has 9 heteroatoms. The van der Waals surface area contributed by atoms with Crippen LogP contribution in [0.15, 0.2) is 41.3 Å². The number of hydrogen-bond acceptors (Lipinski definition) is 4. The molecule has 2 aromatic carbocycles. The summed E-state index contributed by atoms with van der Waals surface area (Å²) in [7, 11) is -4.41. The highest BCUT2D eigenvalue weighted by atomic mass is 32.2. The van der Waals surface area contributed by atoms with E-state index in [1.54, 1.807) is 6.07 Å². The van der Waals surface area contributed by atoms with Gasteiger partial charge in [0.25, 0.3) is 10.0 Å². The third kappa shape index (κ3) is 2.35.